The van der Waals surface area contributed by atoms with Gasteiger partial charge in [-0.2, -0.15) is 0 Å². The van der Waals surface area contributed by atoms with E-state index in [-0.39, 0.29) is 0 Å². The summed E-state index contributed by atoms with van der Waals surface area (Å²) in [5.74, 6) is 0.937. The first-order chi connectivity index (χ1) is 7.38. The first-order valence-corrected chi connectivity index (χ1v) is 5.70. The topological polar surface area (TPSA) is 34.1 Å². The van der Waals surface area contributed by atoms with Crippen LogP contribution < -0.4 is 5.32 Å². The van der Waals surface area contributed by atoms with Crippen LogP contribution in [0.15, 0.2) is 18.2 Å². The maximum Gasteiger partial charge on any atom is 0.126 e. The zero-order valence-electron chi connectivity index (χ0n) is 9.20. The molecule has 1 saturated carbocycles. The Hall–Kier alpha value is -1.09. The average molecular weight is 206 g/mol. The first kappa shape index (κ1) is 10.4. The molecule has 0 amide bonds. The van der Waals surface area contributed by atoms with E-state index < -0.39 is 0 Å². The molecule has 1 N–H and O–H groups in total. The second kappa shape index (κ2) is 5.12. The summed E-state index contributed by atoms with van der Waals surface area (Å²) in [6, 6.07) is 6.01. The highest BCUT2D eigenvalue weighted by atomic mass is 16.5. The number of hydrogen-bond donors (Lipinski definition) is 1. The zero-order valence-corrected chi connectivity index (χ0v) is 9.20. The van der Waals surface area contributed by atoms with Crippen molar-refractivity contribution in [2.75, 3.05) is 11.9 Å². The Kier molecular flexibility index (Phi) is 3.56. The van der Waals surface area contributed by atoms with Gasteiger partial charge in [-0.3, -0.25) is 0 Å². The number of ether oxygens (including phenoxy) is 1. The highest BCUT2D eigenvalue weighted by molar-refractivity contribution is 5.34. The Labute approximate surface area is 90.9 Å². The molecule has 0 radical (unpaired) electrons. The fourth-order valence-corrected chi connectivity index (χ4v) is 1.58. The highest BCUT2D eigenvalue weighted by Gasteiger charge is 2.17. The van der Waals surface area contributed by atoms with Crippen molar-refractivity contribution < 1.29 is 4.74 Å². The van der Waals surface area contributed by atoms with Crippen LogP contribution in [0.2, 0.25) is 0 Å². The van der Waals surface area contributed by atoms with E-state index in [1.165, 1.54) is 19.3 Å². The normalized spacial score (nSPS) is 16.1. The van der Waals surface area contributed by atoms with Crippen molar-refractivity contribution in [2.45, 2.75) is 38.9 Å². The van der Waals surface area contributed by atoms with Gasteiger partial charge in [-0.05, 0) is 38.3 Å². The van der Waals surface area contributed by atoms with E-state index in [2.05, 4.69) is 17.2 Å². The summed E-state index contributed by atoms with van der Waals surface area (Å²) in [6.07, 6.45) is 4.23. The second-order valence-electron chi connectivity index (χ2n) is 3.91. The smallest absolute Gasteiger partial charge is 0.126 e. The van der Waals surface area contributed by atoms with E-state index in [0.717, 1.165) is 18.1 Å². The Morgan fingerprint density at radius 3 is 3.00 bits per heavy atom. The third-order valence-electron chi connectivity index (χ3n) is 2.68. The van der Waals surface area contributed by atoms with Crippen molar-refractivity contribution in [3.8, 4) is 0 Å². The molecule has 82 valence electrons. The van der Waals surface area contributed by atoms with Crippen LogP contribution in [-0.2, 0) is 11.3 Å². The van der Waals surface area contributed by atoms with Crippen LogP contribution in [0, 0.1) is 0 Å². The van der Waals surface area contributed by atoms with Crippen molar-refractivity contribution in [3.63, 3.8) is 0 Å². The maximum absolute atomic E-state index is 5.71. The van der Waals surface area contributed by atoms with Gasteiger partial charge in [-0.1, -0.05) is 6.07 Å². The molecule has 0 spiro atoms. The number of hydrogen-bond acceptors (Lipinski definition) is 3. The molecule has 0 atom stereocenters. The fraction of sp³-hybridized carbons (Fsp3) is 0.583. The Morgan fingerprint density at radius 2 is 2.33 bits per heavy atom. The van der Waals surface area contributed by atoms with Crippen LogP contribution >= 0.6 is 0 Å². The summed E-state index contributed by atoms with van der Waals surface area (Å²) in [5.41, 5.74) is 1.01. The molecule has 1 aromatic rings. The van der Waals surface area contributed by atoms with Crippen molar-refractivity contribution in [2.24, 2.45) is 0 Å². The van der Waals surface area contributed by atoms with E-state index in [1.54, 1.807) is 0 Å². The van der Waals surface area contributed by atoms with E-state index in [0.29, 0.717) is 12.7 Å². The summed E-state index contributed by atoms with van der Waals surface area (Å²) < 4.78 is 5.71. The predicted octanol–water partition coefficient (Wildman–Crippen LogP) is 2.58. The number of rotatable bonds is 5. The van der Waals surface area contributed by atoms with Gasteiger partial charge in [-0.25, -0.2) is 4.98 Å². The Balaban J connectivity index is 1.86. The Bertz CT molecular complexity index is 310. The summed E-state index contributed by atoms with van der Waals surface area (Å²) in [6.45, 7) is 3.61. The van der Waals surface area contributed by atoms with Gasteiger partial charge in [-0.15, -0.1) is 0 Å². The lowest BCUT2D eigenvalue weighted by molar-refractivity contribution is -0.0100. The number of nitrogens with zero attached hydrogens (tertiary/aromatic N) is 1. The molecule has 1 aliphatic rings. The van der Waals surface area contributed by atoms with Gasteiger partial charge in [0.25, 0.3) is 0 Å². The third-order valence-corrected chi connectivity index (χ3v) is 2.68. The van der Waals surface area contributed by atoms with Gasteiger partial charge in [0, 0.05) is 6.54 Å². The average Bonchev–Trinajstić information content (AvgIpc) is 2.16. The SMILES string of the molecule is CCNc1cccc(COC2CCC2)n1. The standard InChI is InChI=1S/C12H18N2O/c1-2-13-12-8-3-5-10(14-12)9-15-11-6-4-7-11/h3,5,8,11H,2,4,6-7,9H2,1H3,(H,13,14). The quantitative estimate of drug-likeness (QED) is 0.804. The highest BCUT2D eigenvalue weighted by Crippen LogP contribution is 2.22. The summed E-state index contributed by atoms with van der Waals surface area (Å²) in [4.78, 5) is 4.46. The van der Waals surface area contributed by atoms with Gasteiger partial charge in [0.1, 0.15) is 5.82 Å². The van der Waals surface area contributed by atoms with Crippen molar-refractivity contribution in [1.29, 1.82) is 0 Å². The molecule has 15 heavy (non-hydrogen) atoms. The molecule has 1 aromatic heterocycles. The van der Waals surface area contributed by atoms with E-state index in [1.807, 2.05) is 18.2 Å². The van der Waals surface area contributed by atoms with Gasteiger partial charge >= 0.3 is 0 Å². The van der Waals surface area contributed by atoms with Crippen LogP contribution in [0.25, 0.3) is 0 Å². The number of aromatic nitrogens is 1. The van der Waals surface area contributed by atoms with Crippen LogP contribution in [0.5, 0.6) is 0 Å². The number of anilines is 1. The minimum absolute atomic E-state index is 0.481. The van der Waals surface area contributed by atoms with Crippen LogP contribution in [-0.4, -0.2) is 17.6 Å². The molecule has 3 heteroatoms. The predicted molar refractivity (Wildman–Crippen MR) is 60.8 cm³/mol. The molecule has 1 aliphatic carbocycles. The number of nitrogens with one attached hydrogen (secondary N) is 1. The van der Waals surface area contributed by atoms with Crippen LogP contribution in [0.4, 0.5) is 5.82 Å². The molecule has 0 aromatic carbocycles. The first-order valence-electron chi connectivity index (χ1n) is 5.70. The number of pyridine rings is 1. The summed E-state index contributed by atoms with van der Waals surface area (Å²) in [5, 5.41) is 3.20. The Morgan fingerprint density at radius 1 is 1.47 bits per heavy atom. The molecule has 3 nitrogen and oxygen atoms in total. The minimum Gasteiger partial charge on any atom is -0.372 e. The van der Waals surface area contributed by atoms with E-state index in [4.69, 9.17) is 4.74 Å². The lowest BCUT2D eigenvalue weighted by atomic mass is 9.96. The van der Waals surface area contributed by atoms with E-state index in [9.17, 15) is 0 Å². The van der Waals surface area contributed by atoms with Crippen molar-refractivity contribution >= 4 is 5.82 Å². The molecule has 2 rings (SSSR count). The van der Waals surface area contributed by atoms with Crippen molar-refractivity contribution in [1.82, 2.24) is 4.98 Å². The molecule has 1 heterocycles. The van der Waals surface area contributed by atoms with E-state index >= 15 is 0 Å². The lowest BCUT2D eigenvalue weighted by Crippen LogP contribution is -2.21. The van der Waals surface area contributed by atoms with Gasteiger partial charge in [0.15, 0.2) is 0 Å². The lowest BCUT2D eigenvalue weighted by Gasteiger charge is -2.25. The maximum atomic E-state index is 5.71. The largest absolute Gasteiger partial charge is 0.372 e. The minimum atomic E-state index is 0.481. The molecule has 0 bridgehead atoms. The van der Waals surface area contributed by atoms with Gasteiger partial charge in [0.2, 0.25) is 0 Å². The molecule has 1 fully saturated rings. The molecular formula is C12H18N2O. The van der Waals surface area contributed by atoms with Crippen LogP contribution in [0.1, 0.15) is 31.9 Å². The third kappa shape index (κ3) is 2.93. The van der Waals surface area contributed by atoms with Gasteiger partial charge in [0.05, 0.1) is 18.4 Å². The molecule has 0 aliphatic heterocycles. The molecular weight excluding hydrogens is 188 g/mol. The van der Waals surface area contributed by atoms with Gasteiger partial charge < -0.3 is 10.1 Å². The fourth-order valence-electron chi connectivity index (χ4n) is 1.58. The summed E-state index contributed by atoms with van der Waals surface area (Å²) >= 11 is 0. The molecule has 0 saturated heterocycles. The van der Waals surface area contributed by atoms with Crippen LogP contribution in [0.3, 0.4) is 0 Å². The monoisotopic (exact) mass is 206 g/mol. The zero-order chi connectivity index (χ0) is 10.5. The second-order valence-corrected chi connectivity index (χ2v) is 3.91. The van der Waals surface area contributed by atoms with Crippen molar-refractivity contribution in [3.05, 3.63) is 23.9 Å². The summed E-state index contributed by atoms with van der Waals surface area (Å²) in [7, 11) is 0. The molecule has 0 unspecified atom stereocenters.